The van der Waals surface area contributed by atoms with Gasteiger partial charge in [0.25, 0.3) is 0 Å². The van der Waals surface area contributed by atoms with Crippen LogP contribution in [0.5, 0.6) is 0 Å². The zero-order valence-corrected chi connectivity index (χ0v) is 15.1. The number of rotatable bonds is 4. The molecule has 3 rings (SSSR count). The maximum atomic E-state index is 13.1. The number of benzene rings is 1. The van der Waals surface area contributed by atoms with Crippen LogP contribution in [0.4, 0.5) is 4.39 Å². The molecule has 2 saturated heterocycles. The Bertz CT molecular complexity index is 644. The van der Waals surface area contributed by atoms with E-state index in [0.29, 0.717) is 32.0 Å². The number of carbonyl (C=O) groups excluding carboxylic acids is 2. The molecular weight excluding hydrogens is 319 g/mol. The van der Waals surface area contributed by atoms with Gasteiger partial charge in [0.05, 0.1) is 5.41 Å². The lowest BCUT2D eigenvalue weighted by molar-refractivity contribution is -0.146. The second-order valence-electron chi connectivity index (χ2n) is 7.90. The van der Waals surface area contributed by atoms with Crippen LogP contribution < -0.4 is 0 Å². The van der Waals surface area contributed by atoms with Crippen molar-refractivity contribution >= 4 is 11.8 Å². The first-order chi connectivity index (χ1) is 11.9. The van der Waals surface area contributed by atoms with Crippen molar-refractivity contribution in [2.45, 2.75) is 46.1 Å². The van der Waals surface area contributed by atoms with Crippen LogP contribution >= 0.6 is 0 Å². The zero-order valence-electron chi connectivity index (χ0n) is 15.1. The summed E-state index contributed by atoms with van der Waals surface area (Å²) in [5.41, 5.74) is 0.530. The molecule has 0 aliphatic carbocycles. The molecule has 1 aromatic rings. The van der Waals surface area contributed by atoms with E-state index < -0.39 is 5.41 Å². The summed E-state index contributed by atoms with van der Waals surface area (Å²) in [6.07, 6.45) is 3.12. The van der Waals surface area contributed by atoms with Crippen molar-refractivity contribution in [1.29, 1.82) is 0 Å². The quantitative estimate of drug-likeness (QED) is 0.840. The minimum absolute atomic E-state index is 0.155. The van der Waals surface area contributed by atoms with Gasteiger partial charge < -0.3 is 9.80 Å². The second kappa shape index (κ2) is 7.14. The van der Waals surface area contributed by atoms with E-state index in [9.17, 15) is 14.0 Å². The second-order valence-corrected chi connectivity index (χ2v) is 7.90. The molecule has 4 nitrogen and oxygen atoms in total. The van der Waals surface area contributed by atoms with Crippen LogP contribution in [0.3, 0.4) is 0 Å². The molecule has 0 aromatic heterocycles. The third kappa shape index (κ3) is 3.86. The van der Waals surface area contributed by atoms with Gasteiger partial charge in [-0.15, -0.1) is 0 Å². The number of likely N-dealkylation sites (tertiary alicyclic amines) is 2. The van der Waals surface area contributed by atoms with E-state index in [-0.39, 0.29) is 17.6 Å². The fraction of sp³-hybridized carbons (Fsp3) is 0.600. The largest absolute Gasteiger partial charge is 0.342 e. The van der Waals surface area contributed by atoms with Crippen molar-refractivity contribution in [3.05, 3.63) is 35.6 Å². The van der Waals surface area contributed by atoms with Crippen LogP contribution in [0.15, 0.2) is 24.3 Å². The molecule has 2 fully saturated rings. The first-order valence-corrected chi connectivity index (χ1v) is 9.21. The summed E-state index contributed by atoms with van der Waals surface area (Å²) in [6.45, 7) is 6.57. The standard InChI is InChI=1S/C20H27FN2O2/c1-15(2)12-18(24)23-11-9-20(14-23)8-3-10-22(19(20)25)13-16-4-6-17(21)7-5-16/h4-7,15H,3,8-14H2,1-2H3/t20-/m1/s1. The monoisotopic (exact) mass is 346 g/mol. The van der Waals surface area contributed by atoms with Gasteiger partial charge in [0.1, 0.15) is 5.82 Å². The summed E-state index contributed by atoms with van der Waals surface area (Å²) in [4.78, 5) is 29.2. The number of carbonyl (C=O) groups is 2. The van der Waals surface area contributed by atoms with Crippen molar-refractivity contribution < 1.29 is 14.0 Å². The van der Waals surface area contributed by atoms with Crippen LogP contribution in [0.2, 0.25) is 0 Å². The number of piperidine rings is 1. The Morgan fingerprint density at radius 1 is 1.20 bits per heavy atom. The molecule has 1 atom stereocenters. The van der Waals surface area contributed by atoms with Crippen molar-refractivity contribution in [2.24, 2.45) is 11.3 Å². The molecule has 0 N–H and O–H groups in total. The van der Waals surface area contributed by atoms with Crippen LogP contribution in [-0.2, 0) is 16.1 Å². The minimum Gasteiger partial charge on any atom is -0.342 e. The molecular formula is C20H27FN2O2. The average molecular weight is 346 g/mol. The summed E-state index contributed by atoms with van der Waals surface area (Å²) >= 11 is 0. The van der Waals surface area contributed by atoms with Crippen LogP contribution in [0.1, 0.15) is 45.1 Å². The fourth-order valence-electron chi connectivity index (χ4n) is 4.06. The Labute approximate surface area is 149 Å². The lowest BCUT2D eigenvalue weighted by Crippen LogP contribution is -2.50. The van der Waals surface area contributed by atoms with E-state index in [2.05, 4.69) is 0 Å². The number of hydrogen-bond acceptors (Lipinski definition) is 2. The average Bonchev–Trinajstić information content (AvgIpc) is 2.99. The lowest BCUT2D eigenvalue weighted by Gasteiger charge is -2.39. The van der Waals surface area contributed by atoms with E-state index in [1.807, 2.05) is 23.6 Å². The number of halogens is 1. The van der Waals surface area contributed by atoms with Crippen LogP contribution in [0, 0.1) is 17.2 Å². The van der Waals surface area contributed by atoms with Gasteiger partial charge in [-0.05, 0) is 42.9 Å². The Hall–Kier alpha value is -1.91. The maximum Gasteiger partial charge on any atom is 0.230 e. The molecule has 136 valence electrons. The third-order valence-corrected chi connectivity index (χ3v) is 5.40. The van der Waals surface area contributed by atoms with E-state index in [1.165, 1.54) is 12.1 Å². The number of amides is 2. The van der Waals surface area contributed by atoms with Gasteiger partial charge in [-0.25, -0.2) is 4.39 Å². The van der Waals surface area contributed by atoms with E-state index in [4.69, 9.17) is 0 Å². The summed E-state index contributed by atoms with van der Waals surface area (Å²) in [6, 6.07) is 6.33. The molecule has 25 heavy (non-hydrogen) atoms. The fourth-order valence-corrected chi connectivity index (χ4v) is 4.06. The highest BCUT2D eigenvalue weighted by atomic mass is 19.1. The molecule has 1 spiro atoms. The predicted octanol–water partition coefficient (Wildman–Crippen LogP) is 3.21. The van der Waals surface area contributed by atoms with Crippen LogP contribution in [-0.4, -0.2) is 41.2 Å². The Morgan fingerprint density at radius 2 is 1.92 bits per heavy atom. The highest BCUT2D eigenvalue weighted by molar-refractivity contribution is 5.86. The molecule has 0 saturated carbocycles. The summed E-state index contributed by atoms with van der Waals surface area (Å²) in [7, 11) is 0. The van der Waals surface area contributed by atoms with Gasteiger partial charge in [0.2, 0.25) is 11.8 Å². The lowest BCUT2D eigenvalue weighted by atomic mass is 9.78. The SMILES string of the molecule is CC(C)CC(=O)N1CC[C@]2(CCCN(Cc3ccc(F)cc3)C2=O)C1. The normalized spacial score (nSPS) is 23.8. The molecule has 0 unspecified atom stereocenters. The van der Waals surface area contributed by atoms with E-state index >= 15 is 0 Å². The number of nitrogens with zero attached hydrogens (tertiary/aromatic N) is 2. The highest BCUT2D eigenvalue weighted by Crippen LogP contribution is 2.40. The third-order valence-electron chi connectivity index (χ3n) is 5.40. The zero-order chi connectivity index (χ0) is 18.0. The summed E-state index contributed by atoms with van der Waals surface area (Å²) in [5.74, 6) is 0.389. The molecule has 2 aliphatic heterocycles. The molecule has 2 amide bonds. The van der Waals surface area contributed by atoms with Gasteiger partial charge in [-0.2, -0.15) is 0 Å². The van der Waals surface area contributed by atoms with Gasteiger partial charge in [0, 0.05) is 32.6 Å². The summed E-state index contributed by atoms with van der Waals surface area (Å²) < 4.78 is 13.1. The molecule has 2 aliphatic rings. The van der Waals surface area contributed by atoms with Gasteiger partial charge in [0.15, 0.2) is 0 Å². The highest BCUT2D eigenvalue weighted by Gasteiger charge is 2.49. The number of hydrogen-bond donors (Lipinski definition) is 0. The maximum absolute atomic E-state index is 13.1. The van der Waals surface area contributed by atoms with Crippen molar-refractivity contribution in [1.82, 2.24) is 9.80 Å². The summed E-state index contributed by atoms with van der Waals surface area (Å²) in [5, 5.41) is 0. The van der Waals surface area contributed by atoms with Gasteiger partial charge in [-0.3, -0.25) is 9.59 Å². The van der Waals surface area contributed by atoms with Gasteiger partial charge >= 0.3 is 0 Å². The predicted molar refractivity (Wildman–Crippen MR) is 94.1 cm³/mol. The first-order valence-electron chi connectivity index (χ1n) is 9.21. The molecule has 2 heterocycles. The van der Waals surface area contributed by atoms with E-state index in [0.717, 1.165) is 31.4 Å². The smallest absolute Gasteiger partial charge is 0.230 e. The first kappa shape index (κ1) is 17.9. The Balaban J connectivity index is 1.67. The van der Waals surface area contributed by atoms with Crippen molar-refractivity contribution in [2.75, 3.05) is 19.6 Å². The van der Waals surface area contributed by atoms with Crippen LogP contribution in [0.25, 0.3) is 0 Å². The van der Waals surface area contributed by atoms with Crippen molar-refractivity contribution in [3.63, 3.8) is 0 Å². The van der Waals surface area contributed by atoms with Gasteiger partial charge in [-0.1, -0.05) is 26.0 Å². The Kier molecular flexibility index (Phi) is 5.11. The molecule has 5 heteroatoms. The molecule has 0 bridgehead atoms. The molecule has 1 aromatic carbocycles. The topological polar surface area (TPSA) is 40.6 Å². The van der Waals surface area contributed by atoms with Crippen molar-refractivity contribution in [3.8, 4) is 0 Å². The minimum atomic E-state index is -0.412. The Morgan fingerprint density at radius 3 is 2.60 bits per heavy atom. The van der Waals surface area contributed by atoms with E-state index in [1.54, 1.807) is 12.1 Å². The molecule has 0 radical (unpaired) electrons.